The number of halogens is 3. The van der Waals surface area contributed by atoms with Crippen LogP contribution < -0.4 is 10.6 Å². The Morgan fingerprint density at radius 3 is 2.07 bits per heavy atom. The van der Waals surface area contributed by atoms with Crippen LogP contribution in [-0.4, -0.2) is 39.9 Å². The number of hydrogen-bond acceptors (Lipinski definition) is 4. The van der Waals surface area contributed by atoms with Crippen molar-refractivity contribution in [3.05, 3.63) is 71.3 Å². The van der Waals surface area contributed by atoms with E-state index in [0.29, 0.717) is 0 Å². The highest BCUT2D eigenvalue weighted by molar-refractivity contribution is 6.00. The van der Waals surface area contributed by atoms with Crippen molar-refractivity contribution in [2.24, 2.45) is 5.92 Å². The molecule has 4 N–H and O–H groups in total. The van der Waals surface area contributed by atoms with Gasteiger partial charge in [-0.1, -0.05) is 42.5 Å². The number of ketones is 1. The number of rotatable bonds is 4. The summed E-state index contributed by atoms with van der Waals surface area (Å²) in [6, 6.07) is 8.78. The molecule has 0 aromatic heterocycles. The summed E-state index contributed by atoms with van der Waals surface area (Å²) in [5.41, 5.74) is -4.03. The summed E-state index contributed by atoms with van der Waals surface area (Å²) in [7, 11) is 0. The first-order valence-corrected chi connectivity index (χ1v) is 8.35. The standard InChI is InChI=1S/C19H15F3N2O5/c20-19(21,22)18(29)13(15(25)11-4-2-1-3-5-11)14(23-17(28)24-18)10-6-8-12(9-7-10)16(26)27/h1-9,13-14,29H,(H,26,27)(H2,23,24,28)/t13-,14+,18-/m1/s1. The highest BCUT2D eigenvalue weighted by Gasteiger charge is 2.66. The predicted molar refractivity (Wildman–Crippen MR) is 93.1 cm³/mol. The second kappa shape index (κ2) is 7.21. The van der Waals surface area contributed by atoms with Crippen LogP contribution in [0.4, 0.5) is 18.0 Å². The van der Waals surface area contributed by atoms with Crippen LogP contribution in [0, 0.1) is 5.92 Å². The SMILES string of the molecule is O=C1N[C@@H](c2ccc(C(=O)O)cc2)[C@H](C(=O)c2ccccc2)[C@@](O)(C(F)(F)F)N1. The number of benzene rings is 2. The molecule has 29 heavy (non-hydrogen) atoms. The van der Waals surface area contributed by atoms with E-state index in [1.807, 2.05) is 0 Å². The number of nitrogens with one attached hydrogen (secondary N) is 2. The molecule has 1 aliphatic rings. The van der Waals surface area contributed by atoms with E-state index >= 15 is 0 Å². The fourth-order valence-corrected chi connectivity index (χ4v) is 3.23. The predicted octanol–water partition coefficient (Wildman–Crippen LogP) is 2.49. The number of carboxylic acid groups (broad SMARTS) is 1. The van der Waals surface area contributed by atoms with E-state index in [0.717, 1.165) is 12.1 Å². The van der Waals surface area contributed by atoms with Gasteiger partial charge < -0.3 is 20.8 Å². The van der Waals surface area contributed by atoms with Crippen LogP contribution in [0.5, 0.6) is 0 Å². The van der Waals surface area contributed by atoms with Crippen molar-refractivity contribution < 1.29 is 37.8 Å². The molecule has 2 aromatic carbocycles. The third-order valence-electron chi connectivity index (χ3n) is 4.66. The van der Waals surface area contributed by atoms with Gasteiger partial charge in [-0.05, 0) is 17.7 Å². The van der Waals surface area contributed by atoms with Gasteiger partial charge in [0, 0.05) is 5.56 Å². The minimum Gasteiger partial charge on any atom is -0.478 e. The Morgan fingerprint density at radius 2 is 1.55 bits per heavy atom. The lowest BCUT2D eigenvalue weighted by atomic mass is 9.77. The molecule has 0 saturated carbocycles. The molecule has 152 valence electrons. The van der Waals surface area contributed by atoms with Crippen molar-refractivity contribution in [2.75, 3.05) is 0 Å². The van der Waals surface area contributed by atoms with Gasteiger partial charge in [-0.15, -0.1) is 0 Å². The van der Waals surface area contributed by atoms with Crippen LogP contribution in [0.1, 0.15) is 32.3 Å². The molecule has 7 nitrogen and oxygen atoms in total. The molecule has 1 fully saturated rings. The molecule has 10 heteroatoms. The first-order valence-electron chi connectivity index (χ1n) is 8.35. The zero-order valence-electron chi connectivity index (χ0n) is 14.6. The topological polar surface area (TPSA) is 116 Å². The summed E-state index contributed by atoms with van der Waals surface area (Å²) >= 11 is 0. The lowest BCUT2D eigenvalue weighted by Crippen LogP contribution is -2.72. The molecule has 0 aliphatic carbocycles. The molecular formula is C19H15F3N2O5. The molecule has 2 aromatic rings. The lowest BCUT2D eigenvalue weighted by molar-refractivity contribution is -0.287. The third kappa shape index (κ3) is 3.66. The summed E-state index contributed by atoms with van der Waals surface area (Å²) in [4.78, 5) is 35.9. The van der Waals surface area contributed by atoms with Crippen molar-refractivity contribution in [3.8, 4) is 0 Å². The molecule has 1 saturated heterocycles. The minimum absolute atomic E-state index is 0.0295. The Hall–Kier alpha value is -3.40. The Labute approximate surface area is 162 Å². The second-order valence-corrected chi connectivity index (χ2v) is 6.48. The lowest BCUT2D eigenvalue weighted by Gasteiger charge is -2.45. The van der Waals surface area contributed by atoms with E-state index in [2.05, 4.69) is 5.32 Å². The number of amides is 2. The molecule has 1 aliphatic heterocycles. The van der Waals surface area contributed by atoms with Gasteiger partial charge in [-0.2, -0.15) is 13.2 Å². The number of hydrogen-bond donors (Lipinski definition) is 4. The Kier molecular flexibility index (Phi) is 5.05. The number of carbonyl (C=O) groups excluding carboxylic acids is 2. The van der Waals surface area contributed by atoms with Gasteiger partial charge in [-0.3, -0.25) is 4.79 Å². The van der Waals surface area contributed by atoms with Crippen molar-refractivity contribution in [3.63, 3.8) is 0 Å². The van der Waals surface area contributed by atoms with Crippen LogP contribution in [-0.2, 0) is 0 Å². The summed E-state index contributed by atoms with van der Waals surface area (Å²) in [6.07, 6.45) is -5.36. The average molecular weight is 408 g/mol. The maximum atomic E-state index is 13.8. The van der Waals surface area contributed by atoms with Gasteiger partial charge >= 0.3 is 18.2 Å². The van der Waals surface area contributed by atoms with Crippen molar-refractivity contribution in [2.45, 2.75) is 17.9 Å². The van der Waals surface area contributed by atoms with Crippen molar-refractivity contribution >= 4 is 17.8 Å². The molecule has 0 spiro atoms. The van der Waals surface area contributed by atoms with E-state index < -0.39 is 41.6 Å². The fourth-order valence-electron chi connectivity index (χ4n) is 3.23. The smallest absolute Gasteiger partial charge is 0.437 e. The van der Waals surface area contributed by atoms with E-state index in [-0.39, 0.29) is 16.7 Å². The van der Waals surface area contributed by atoms with Crippen molar-refractivity contribution in [1.82, 2.24) is 10.6 Å². The molecule has 0 unspecified atom stereocenters. The van der Waals surface area contributed by atoms with Gasteiger partial charge in [0.15, 0.2) is 5.78 Å². The van der Waals surface area contributed by atoms with Crippen LogP contribution in [0.2, 0.25) is 0 Å². The molecule has 3 atom stereocenters. The molecule has 3 rings (SSSR count). The number of carboxylic acids is 1. The summed E-state index contributed by atoms with van der Waals surface area (Å²) in [5.74, 6) is -4.47. The van der Waals surface area contributed by atoms with Crippen LogP contribution in [0.3, 0.4) is 0 Å². The average Bonchev–Trinajstić information content (AvgIpc) is 2.67. The number of aromatic carboxylic acids is 1. The second-order valence-electron chi connectivity index (χ2n) is 6.48. The zero-order chi connectivity index (χ0) is 21.4. The van der Waals surface area contributed by atoms with Gasteiger partial charge in [0.2, 0.25) is 5.72 Å². The highest BCUT2D eigenvalue weighted by Crippen LogP contribution is 2.43. The largest absolute Gasteiger partial charge is 0.478 e. The van der Waals surface area contributed by atoms with E-state index in [9.17, 15) is 32.7 Å². The monoisotopic (exact) mass is 408 g/mol. The van der Waals surface area contributed by atoms with E-state index in [1.165, 1.54) is 41.7 Å². The quantitative estimate of drug-likeness (QED) is 0.580. The number of carbonyl (C=O) groups is 3. The molecular weight excluding hydrogens is 393 g/mol. The number of aliphatic hydroxyl groups is 1. The third-order valence-corrected chi connectivity index (χ3v) is 4.66. The normalized spacial score (nSPS) is 24.3. The summed E-state index contributed by atoms with van der Waals surface area (Å²) < 4.78 is 41.3. The first-order chi connectivity index (χ1) is 13.5. The highest BCUT2D eigenvalue weighted by atomic mass is 19.4. The number of Topliss-reactive ketones (excluding diaryl/α,β-unsaturated/α-hetero) is 1. The van der Waals surface area contributed by atoms with Crippen molar-refractivity contribution in [1.29, 1.82) is 0 Å². The van der Waals surface area contributed by atoms with E-state index in [1.54, 1.807) is 6.07 Å². The van der Waals surface area contributed by atoms with Gasteiger partial charge in [0.05, 0.1) is 11.6 Å². The van der Waals surface area contributed by atoms with E-state index in [4.69, 9.17) is 5.11 Å². The summed E-state index contributed by atoms with van der Waals surface area (Å²) in [5, 5.41) is 23.1. The maximum absolute atomic E-state index is 13.8. The summed E-state index contributed by atoms with van der Waals surface area (Å²) in [6.45, 7) is 0. The minimum atomic E-state index is -5.36. The molecule has 2 amide bonds. The van der Waals surface area contributed by atoms with Gasteiger partial charge in [0.1, 0.15) is 5.92 Å². The number of urea groups is 1. The van der Waals surface area contributed by atoms with Gasteiger partial charge in [-0.25, -0.2) is 9.59 Å². The zero-order valence-corrected chi connectivity index (χ0v) is 14.6. The molecule has 0 bridgehead atoms. The Bertz CT molecular complexity index is 947. The van der Waals surface area contributed by atoms with Gasteiger partial charge in [0.25, 0.3) is 0 Å². The fraction of sp³-hybridized carbons (Fsp3) is 0.211. The molecule has 0 radical (unpaired) electrons. The Morgan fingerprint density at radius 1 is 0.966 bits per heavy atom. The molecule has 1 heterocycles. The Balaban J connectivity index is 2.14. The van der Waals surface area contributed by atoms with Crippen LogP contribution >= 0.6 is 0 Å². The number of alkyl halides is 3. The van der Waals surface area contributed by atoms with Crippen LogP contribution in [0.15, 0.2) is 54.6 Å². The maximum Gasteiger partial charge on any atom is 0.437 e. The van der Waals surface area contributed by atoms with Crippen LogP contribution in [0.25, 0.3) is 0 Å². The first kappa shape index (κ1) is 20.3.